The minimum atomic E-state index is -0.893. The molecule has 2 rings (SSSR count). The summed E-state index contributed by atoms with van der Waals surface area (Å²) >= 11 is 0. The SMILES string of the molecule is CCCCCCCCCC1CCCCC1CCCOc1ccc(C(=O)O)cc1. The van der Waals surface area contributed by atoms with E-state index in [0.29, 0.717) is 5.56 Å². The van der Waals surface area contributed by atoms with Crippen LogP contribution in [0.5, 0.6) is 5.75 Å². The standard InChI is InChI=1S/C25H40O3/c1-2-3-4-5-6-7-8-12-21-13-9-10-14-22(21)15-11-20-28-24-18-16-23(17-19-24)25(26)27/h16-19,21-22H,2-15,20H2,1H3,(H,26,27). The summed E-state index contributed by atoms with van der Waals surface area (Å²) in [7, 11) is 0. The van der Waals surface area contributed by atoms with Gasteiger partial charge in [0.15, 0.2) is 0 Å². The van der Waals surface area contributed by atoms with Crippen LogP contribution in [0.4, 0.5) is 0 Å². The molecular formula is C25H40O3. The Kier molecular flexibility index (Phi) is 11.1. The summed E-state index contributed by atoms with van der Waals surface area (Å²) in [5.74, 6) is 1.69. The molecule has 1 aromatic rings. The van der Waals surface area contributed by atoms with Crippen molar-refractivity contribution in [2.24, 2.45) is 11.8 Å². The number of carboxylic acids is 1. The summed E-state index contributed by atoms with van der Waals surface area (Å²) < 4.78 is 5.82. The lowest BCUT2D eigenvalue weighted by atomic mass is 9.74. The van der Waals surface area contributed by atoms with Gasteiger partial charge >= 0.3 is 5.97 Å². The number of benzene rings is 1. The highest BCUT2D eigenvalue weighted by Gasteiger charge is 2.24. The Bertz CT molecular complexity index is 537. The van der Waals surface area contributed by atoms with Gasteiger partial charge in [-0.1, -0.05) is 84.0 Å². The molecule has 2 unspecified atom stereocenters. The number of unbranched alkanes of at least 4 members (excludes halogenated alkanes) is 6. The van der Waals surface area contributed by atoms with Gasteiger partial charge in [0.1, 0.15) is 5.75 Å². The zero-order valence-corrected chi connectivity index (χ0v) is 17.8. The third kappa shape index (κ3) is 8.67. The van der Waals surface area contributed by atoms with Gasteiger partial charge in [0.2, 0.25) is 0 Å². The number of aromatic carboxylic acids is 1. The van der Waals surface area contributed by atoms with Crippen molar-refractivity contribution in [3.8, 4) is 5.75 Å². The van der Waals surface area contributed by atoms with E-state index in [2.05, 4.69) is 6.92 Å². The first-order chi connectivity index (χ1) is 13.7. The number of ether oxygens (including phenoxy) is 1. The van der Waals surface area contributed by atoms with Crippen LogP contribution in [0.25, 0.3) is 0 Å². The number of carbonyl (C=O) groups is 1. The lowest BCUT2D eigenvalue weighted by Crippen LogP contribution is -2.20. The summed E-state index contributed by atoms with van der Waals surface area (Å²) in [4.78, 5) is 10.9. The second-order valence-electron chi connectivity index (χ2n) is 8.53. The van der Waals surface area contributed by atoms with Crippen molar-refractivity contribution in [2.45, 2.75) is 96.8 Å². The summed E-state index contributed by atoms with van der Waals surface area (Å²) in [6.45, 7) is 3.01. The molecule has 0 heterocycles. The molecule has 0 radical (unpaired) electrons. The molecular weight excluding hydrogens is 348 g/mol. The zero-order chi connectivity index (χ0) is 20.0. The maximum Gasteiger partial charge on any atom is 0.335 e. The van der Waals surface area contributed by atoms with E-state index in [9.17, 15) is 4.79 Å². The number of rotatable bonds is 14. The Hall–Kier alpha value is -1.51. The fourth-order valence-electron chi connectivity index (χ4n) is 4.64. The van der Waals surface area contributed by atoms with Gasteiger partial charge in [0.25, 0.3) is 0 Å². The molecule has 0 spiro atoms. The monoisotopic (exact) mass is 388 g/mol. The van der Waals surface area contributed by atoms with Crippen LogP contribution in [0.1, 0.15) is 107 Å². The first-order valence-electron chi connectivity index (χ1n) is 11.7. The molecule has 3 heteroatoms. The molecule has 0 aromatic heterocycles. The minimum Gasteiger partial charge on any atom is -0.494 e. The van der Waals surface area contributed by atoms with Gasteiger partial charge in [-0.15, -0.1) is 0 Å². The van der Waals surface area contributed by atoms with E-state index in [-0.39, 0.29) is 0 Å². The second kappa shape index (κ2) is 13.6. The van der Waals surface area contributed by atoms with Crippen LogP contribution in [0.2, 0.25) is 0 Å². The first-order valence-corrected chi connectivity index (χ1v) is 11.7. The molecule has 0 bridgehead atoms. The van der Waals surface area contributed by atoms with E-state index in [0.717, 1.165) is 30.6 Å². The maximum atomic E-state index is 10.9. The molecule has 3 nitrogen and oxygen atoms in total. The average Bonchev–Trinajstić information content (AvgIpc) is 2.71. The third-order valence-corrected chi connectivity index (χ3v) is 6.33. The molecule has 28 heavy (non-hydrogen) atoms. The number of carboxylic acid groups (broad SMARTS) is 1. The van der Waals surface area contributed by atoms with E-state index in [1.54, 1.807) is 24.3 Å². The van der Waals surface area contributed by atoms with Crippen molar-refractivity contribution in [3.63, 3.8) is 0 Å². The zero-order valence-electron chi connectivity index (χ0n) is 17.8. The first kappa shape index (κ1) is 22.8. The van der Waals surface area contributed by atoms with Gasteiger partial charge in [-0.25, -0.2) is 4.79 Å². The van der Waals surface area contributed by atoms with Crippen LogP contribution in [-0.4, -0.2) is 17.7 Å². The lowest BCUT2D eigenvalue weighted by Gasteiger charge is -2.32. The maximum absolute atomic E-state index is 10.9. The fourth-order valence-corrected chi connectivity index (χ4v) is 4.64. The normalized spacial score (nSPS) is 19.5. The van der Waals surface area contributed by atoms with Gasteiger partial charge in [-0.05, 0) is 48.9 Å². The van der Waals surface area contributed by atoms with E-state index in [1.807, 2.05) is 0 Å². The van der Waals surface area contributed by atoms with Crippen molar-refractivity contribution in [3.05, 3.63) is 29.8 Å². The highest BCUT2D eigenvalue weighted by Crippen LogP contribution is 2.36. The topological polar surface area (TPSA) is 46.5 Å². The molecule has 1 N–H and O–H groups in total. The largest absolute Gasteiger partial charge is 0.494 e. The average molecular weight is 389 g/mol. The van der Waals surface area contributed by atoms with Gasteiger partial charge in [-0.2, -0.15) is 0 Å². The molecule has 2 atom stereocenters. The molecule has 1 aliphatic rings. The molecule has 1 saturated carbocycles. The van der Waals surface area contributed by atoms with Crippen molar-refractivity contribution >= 4 is 5.97 Å². The van der Waals surface area contributed by atoms with E-state index in [4.69, 9.17) is 9.84 Å². The Morgan fingerprint density at radius 1 is 0.893 bits per heavy atom. The van der Waals surface area contributed by atoms with E-state index >= 15 is 0 Å². The van der Waals surface area contributed by atoms with Crippen LogP contribution in [-0.2, 0) is 0 Å². The predicted molar refractivity (Wildman–Crippen MR) is 116 cm³/mol. The Balaban J connectivity index is 1.60. The molecule has 0 aliphatic heterocycles. The molecule has 0 saturated heterocycles. The van der Waals surface area contributed by atoms with E-state index in [1.165, 1.54) is 83.5 Å². The second-order valence-corrected chi connectivity index (χ2v) is 8.53. The smallest absolute Gasteiger partial charge is 0.335 e. The third-order valence-electron chi connectivity index (χ3n) is 6.33. The van der Waals surface area contributed by atoms with Crippen molar-refractivity contribution in [2.75, 3.05) is 6.61 Å². The van der Waals surface area contributed by atoms with Crippen molar-refractivity contribution < 1.29 is 14.6 Å². The van der Waals surface area contributed by atoms with Crippen LogP contribution >= 0.6 is 0 Å². The van der Waals surface area contributed by atoms with Gasteiger partial charge in [0, 0.05) is 0 Å². The quantitative estimate of drug-likeness (QED) is 0.336. The van der Waals surface area contributed by atoms with E-state index < -0.39 is 5.97 Å². The summed E-state index contributed by atoms with van der Waals surface area (Å²) in [5, 5.41) is 8.94. The summed E-state index contributed by atoms with van der Waals surface area (Å²) in [6.07, 6.45) is 19.3. The van der Waals surface area contributed by atoms with Crippen LogP contribution in [0.15, 0.2) is 24.3 Å². The van der Waals surface area contributed by atoms with Crippen molar-refractivity contribution in [1.29, 1.82) is 0 Å². The Morgan fingerprint density at radius 2 is 1.46 bits per heavy atom. The van der Waals surface area contributed by atoms with Gasteiger partial charge in [-0.3, -0.25) is 0 Å². The fraction of sp³-hybridized carbons (Fsp3) is 0.720. The molecule has 1 aromatic carbocycles. The van der Waals surface area contributed by atoms with Gasteiger partial charge in [0.05, 0.1) is 12.2 Å². The highest BCUT2D eigenvalue weighted by atomic mass is 16.5. The van der Waals surface area contributed by atoms with Crippen LogP contribution in [0.3, 0.4) is 0 Å². The molecule has 1 aliphatic carbocycles. The number of hydrogen-bond acceptors (Lipinski definition) is 2. The minimum absolute atomic E-state index is 0.308. The summed E-state index contributed by atoms with van der Waals surface area (Å²) in [6, 6.07) is 6.73. The highest BCUT2D eigenvalue weighted by molar-refractivity contribution is 5.87. The van der Waals surface area contributed by atoms with Gasteiger partial charge < -0.3 is 9.84 Å². The lowest BCUT2D eigenvalue weighted by molar-refractivity contribution is 0.0697. The Morgan fingerprint density at radius 3 is 2.07 bits per heavy atom. The van der Waals surface area contributed by atoms with Crippen LogP contribution < -0.4 is 4.74 Å². The predicted octanol–water partition coefficient (Wildman–Crippen LogP) is 7.49. The molecule has 158 valence electrons. The summed E-state index contributed by atoms with van der Waals surface area (Å²) in [5.41, 5.74) is 0.308. The molecule has 0 amide bonds. The Labute approximate surface area is 171 Å². The molecule has 1 fully saturated rings. The van der Waals surface area contributed by atoms with Crippen LogP contribution in [0, 0.1) is 11.8 Å². The van der Waals surface area contributed by atoms with Crippen molar-refractivity contribution in [1.82, 2.24) is 0 Å². The number of hydrogen-bond donors (Lipinski definition) is 1.